The third-order valence-electron chi connectivity index (χ3n) is 3.19. The fourth-order valence-electron chi connectivity index (χ4n) is 2.03. The molecule has 0 fully saturated rings. The number of hydrogen-bond acceptors (Lipinski definition) is 4. The fraction of sp³-hybridized carbons (Fsp3) is 0.429. The highest BCUT2D eigenvalue weighted by atomic mass is 16.2. The van der Waals surface area contributed by atoms with Gasteiger partial charge >= 0.3 is 11.8 Å². The van der Waals surface area contributed by atoms with Crippen LogP contribution in [0.2, 0.25) is 0 Å². The number of allylic oxidation sites excluding steroid dienone is 4. The van der Waals surface area contributed by atoms with Crippen molar-refractivity contribution in [2.24, 2.45) is 10.2 Å². The summed E-state index contributed by atoms with van der Waals surface area (Å²) in [7, 11) is 0. The fourth-order valence-corrected chi connectivity index (χ4v) is 2.03. The lowest BCUT2D eigenvalue weighted by Crippen LogP contribution is -2.35. The number of nitrogens with one attached hydrogen (secondary N) is 2. The van der Waals surface area contributed by atoms with Crippen LogP contribution in [0.3, 0.4) is 0 Å². The van der Waals surface area contributed by atoms with Crippen molar-refractivity contribution in [3.05, 3.63) is 23.3 Å². The van der Waals surface area contributed by atoms with E-state index in [1.165, 1.54) is 11.1 Å². The summed E-state index contributed by atoms with van der Waals surface area (Å²) in [5, 5.41) is 7.81. The summed E-state index contributed by atoms with van der Waals surface area (Å²) in [6.07, 6.45) is 7.29. The average molecular weight is 274 g/mol. The molecule has 0 aromatic heterocycles. The first-order valence-corrected chi connectivity index (χ1v) is 6.62. The summed E-state index contributed by atoms with van der Waals surface area (Å²) in [4.78, 5) is 23.0. The van der Waals surface area contributed by atoms with E-state index in [-0.39, 0.29) is 0 Å². The van der Waals surface area contributed by atoms with Crippen molar-refractivity contribution in [2.45, 2.75) is 39.5 Å². The van der Waals surface area contributed by atoms with Crippen molar-refractivity contribution >= 4 is 23.2 Å². The lowest BCUT2D eigenvalue weighted by molar-refractivity contribution is -0.139. The van der Waals surface area contributed by atoms with Gasteiger partial charge in [0.15, 0.2) is 0 Å². The number of nitrogens with zero attached hydrogens (tertiary/aromatic N) is 2. The zero-order chi connectivity index (χ0) is 14.5. The van der Waals surface area contributed by atoms with E-state index in [1.807, 2.05) is 26.0 Å². The maximum Gasteiger partial charge on any atom is 0.331 e. The van der Waals surface area contributed by atoms with Crippen LogP contribution in [-0.2, 0) is 9.59 Å². The van der Waals surface area contributed by atoms with Crippen LogP contribution in [0.5, 0.6) is 0 Å². The van der Waals surface area contributed by atoms with Crippen molar-refractivity contribution < 1.29 is 9.59 Å². The van der Waals surface area contributed by atoms with Gasteiger partial charge in [-0.05, 0) is 51.7 Å². The predicted octanol–water partition coefficient (Wildman–Crippen LogP) is 1.41. The Hall–Kier alpha value is -2.24. The second-order valence-corrected chi connectivity index (χ2v) is 5.07. The molecular formula is C14H18N4O2. The topological polar surface area (TPSA) is 82.9 Å². The number of hydrazone groups is 2. The van der Waals surface area contributed by atoms with Gasteiger partial charge in [0.1, 0.15) is 0 Å². The molecule has 6 nitrogen and oxygen atoms in total. The Kier molecular flexibility index (Phi) is 4.45. The van der Waals surface area contributed by atoms with E-state index in [4.69, 9.17) is 0 Å². The third-order valence-corrected chi connectivity index (χ3v) is 3.19. The van der Waals surface area contributed by atoms with Crippen molar-refractivity contribution in [3.8, 4) is 0 Å². The van der Waals surface area contributed by atoms with Crippen LogP contribution >= 0.6 is 0 Å². The van der Waals surface area contributed by atoms with Crippen LogP contribution < -0.4 is 10.9 Å². The van der Waals surface area contributed by atoms with Crippen LogP contribution in [-0.4, -0.2) is 23.2 Å². The molecule has 0 spiro atoms. The van der Waals surface area contributed by atoms with Gasteiger partial charge in [0.05, 0.1) is 11.4 Å². The first-order valence-electron chi connectivity index (χ1n) is 6.62. The molecule has 0 aromatic carbocycles. The number of amides is 2. The molecule has 0 saturated heterocycles. The molecule has 2 N–H and O–H groups in total. The van der Waals surface area contributed by atoms with Crippen molar-refractivity contribution in [1.82, 2.24) is 10.9 Å². The molecule has 0 unspecified atom stereocenters. The Morgan fingerprint density at radius 1 is 0.850 bits per heavy atom. The van der Waals surface area contributed by atoms with E-state index in [0.29, 0.717) is 0 Å². The molecule has 20 heavy (non-hydrogen) atoms. The van der Waals surface area contributed by atoms with Crippen molar-refractivity contribution in [1.29, 1.82) is 0 Å². The van der Waals surface area contributed by atoms with Crippen molar-refractivity contribution in [2.75, 3.05) is 0 Å². The van der Waals surface area contributed by atoms with Crippen molar-refractivity contribution in [3.63, 3.8) is 0 Å². The first kappa shape index (κ1) is 14.2. The van der Waals surface area contributed by atoms with Gasteiger partial charge < -0.3 is 0 Å². The SMILES string of the molecule is CC1=C/C(=N\NC(=O)C(=O)N/N=C2/C=C(C)CC2)CC1. The zero-order valence-corrected chi connectivity index (χ0v) is 11.7. The van der Waals surface area contributed by atoms with E-state index in [9.17, 15) is 9.59 Å². The quantitative estimate of drug-likeness (QED) is 0.589. The number of rotatable bonds is 2. The lowest BCUT2D eigenvalue weighted by Gasteiger charge is -2.00. The highest BCUT2D eigenvalue weighted by Crippen LogP contribution is 2.14. The van der Waals surface area contributed by atoms with E-state index in [2.05, 4.69) is 21.1 Å². The van der Waals surface area contributed by atoms with Crippen LogP contribution in [0.4, 0.5) is 0 Å². The lowest BCUT2D eigenvalue weighted by atomic mass is 10.3. The second kappa shape index (κ2) is 6.27. The normalized spacial score (nSPS) is 21.9. The summed E-state index contributed by atoms with van der Waals surface area (Å²) in [5.41, 5.74) is 8.48. The maximum atomic E-state index is 11.5. The van der Waals surface area contributed by atoms with Gasteiger partial charge in [-0.3, -0.25) is 9.59 Å². The van der Waals surface area contributed by atoms with Gasteiger partial charge in [-0.1, -0.05) is 11.1 Å². The monoisotopic (exact) mass is 274 g/mol. The third kappa shape index (κ3) is 3.88. The van der Waals surface area contributed by atoms with Gasteiger partial charge in [-0.15, -0.1) is 0 Å². The molecule has 106 valence electrons. The Morgan fingerprint density at radius 3 is 1.55 bits per heavy atom. The summed E-state index contributed by atoms with van der Waals surface area (Å²) in [6, 6.07) is 0. The Balaban J connectivity index is 1.82. The molecule has 2 aliphatic rings. The van der Waals surface area contributed by atoms with Crippen LogP contribution in [0.15, 0.2) is 33.5 Å². The van der Waals surface area contributed by atoms with E-state index < -0.39 is 11.8 Å². The molecule has 2 aliphatic carbocycles. The van der Waals surface area contributed by atoms with Crippen LogP contribution in [0.1, 0.15) is 39.5 Å². The van der Waals surface area contributed by atoms with E-state index in [1.54, 1.807) is 0 Å². The largest absolute Gasteiger partial charge is 0.331 e. The smallest absolute Gasteiger partial charge is 0.262 e. The number of carbonyl (C=O) groups is 2. The summed E-state index contributed by atoms with van der Waals surface area (Å²) >= 11 is 0. The first-order chi connectivity index (χ1) is 9.54. The Labute approximate surface area is 117 Å². The number of hydrogen-bond donors (Lipinski definition) is 2. The molecule has 0 aromatic rings. The summed E-state index contributed by atoms with van der Waals surface area (Å²) < 4.78 is 0. The maximum absolute atomic E-state index is 11.5. The summed E-state index contributed by atoms with van der Waals surface area (Å²) in [6.45, 7) is 4.01. The molecular weight excluding hydrogens is 256 g/mol. The zero-order valence-electron chi connectivity index (χ0n) is 11.7. The molecule has 2 amide bonds. The van der Waals surface area contributed by atoms with E-state index in [0.717, 1.165) is 37.1 Å². The highest BCUT2D eigenvalue weighted by Gasteiger charge is 2.14. The second-order valence-electron chi connectivity index (χ2n) is 5.07. The molecule has 0 atom stereocenters. The minimum atomic E-state index is -0.807. The van der Waals surface area contributed by atoms with E-state index >= 15 is 0 Å². The molecule has 0 heterocycles. The molecule has 0 bridgehead atoms. The van der Waals surface area contributed by atoms with Gasteiger partial charge in [-0.25, -0.2) is 10.9 Å². The molecule has 0 saturated carbocycles. The minimum Gasteiger partial charge on any atom is -0.262 e. The van der Waals surface area contributed by atoms with Gasteiger partial charge in [0.2, 0.25) is 0 Å². The highest BCUT2D eigenvalue weighted by molar-refractivity contribution is 6.35. The Bertz CT molecular complexity index is 506. The predicted molar refractivity (Wildman–Crippen MR) is 77.1 cm³/mol. The molecule has 6 heteroatoms. The Morgan fingerprint density at radius 2 is 1.25 bits per heavy atom. The molecule has 0 aliphatic heterocycles. The van der Waals surface area contributed by atoms with Gasteiger partial charge in [0, 0.05) is 0 Å². The van der Waals surface area contributed by atoms with Crippen LogP contribution in [0, 0.1) is 0 Å². The van der Waals surface area contributed by atoms with Gasteiger partial charge in [-0.2, -0.15) is 10.2 Å². The average Bonchev–Trinajstić information content (AvgIpc) is 3.02. The summed E-state index contributed by atoms with van der Waals surface area (Å²) in [5.74, 6) is -1.61. The van der Waals surface area contributed by atoms with Crippen LogP contribution in [0.25, 0.3) is 0 Å². The van der Waals surface area contributed by atoms with Gasteiger partial charge in [0.25, 0.3) is 0 Å². The number of carbonyl (C=O) groups excluding carboxylic acids is 2. The molecule has 2 rings (SSSR count). The standard InChI is InChI=1S/C14H18N4O2/c1-9-3-5-11(7-9)15-17-13(19)14(20)18-16-12-6-4-10(2)8-12/h7-8H,3-6H2,1-2H3,(H,17,19)(H,18,20)/b15-11-,16-12+. The minimum absolute atomic E-state index is 0.782. The molecule has 0 radical (unpaired) electrons.